The quantitative estimate of drug-likeness (QED) is 0.792. The van der Waals surface area contributed by atoms with Gasteiger partial charge in [-0.3, -0.25) is 0 Å². The van der Waals surface area contributed by atoms with Gasteiger partial charge in [-0.05, 0) is 19.1 Å². The molecule has 0 aliphatic carbocycles. The highest BCUT2D eigenvalue weighted by Crippen LogP contribution is 2.23. The second-order valence-corrected chi connectivity index (χ2v) is 4.96. The first kappa shape index (κ1) is 14.8. The third-order valence-corrected chi connectivity index (χ3v) is 3.05. The highest BCUT2D eigenvalue weighted by Gasteiger charge is 2.06. The van der Waals surface area contributed by atoms with E-state index in [0.717, 1.165) is 16.9 Å². The largest absolute Gasteiger partial charge is 0.378 e. The molecule has 0 saturated heterocycles. The Balaban J connectivity index is 2.29. The first-order chi connectivity index (χ1) is 9.60. The molecule has 0 unspecified atom stereocenters. The standard InChI is InChI=1S/C15H18ClN3O/c1-4-20-10-15-17-13(9-14(16)18-15)11-5-7-12(8-6-11)19(2)3/h5-9H,4,10H2,1-3H3. The highest BCUT2D eigenvalue weighted by atomic mass is 35.5. The fourth-order valence-corrected chi connectivity index (χ4v) is 2.00. The van der Waals surface area contributed by atoms with E-state index in [-0.39, 0.29) is 0 Å². The molecule has 4 nitrogen and oxygen atoms in total. The van der Waals surface area contributed by atoms with E-state index in [1.807, 2.05) is 45.3 Å². The molecule has 20 heavy (non-hydrogen) atoms. The molecule has 1 aromatic carbocycles. The Morgan fingerprint density at radius 2 is 1.85 bits per heavy atom. The van der Waals surface area contributed by atoms with E-state index >= 15 is 0 Å². The molecule has 0 fully saturated rings. The lowest BCUT2D eigenvalue weighted by atomic mass is 10.1. The Bertz CT molecular complexity index is 570. The minimum atomic E-state index is 0.375. The molecule has 0 aliphatic heterocycles. The number of ether oxygens (including phenoxy) is 1. The predicted molar refractivity (Wildman–Crippen MR) is 82.1 cm³/mol. The van der Waals surface area contributed by atoms with Gasteiger partial charge in [-0.15, -0.1) is 0 Å². The summed E-state index contributed by atoms with van der Waals surface area (Å²) in [6.45, 7) is 2.94. The van der Waals surface area contributed by atoms with Crippen molar-refractivity contribution in [2.24, 2.45) is 0 Å². The van der Waals surface area contributed by atoms with Crippen LogP contribution in [-0.2, 0) is 11.3 Å². The van der Waals surface area contributed by atoms with Gasteiger partial charge in [-0.2, -0.15) is 0 Å². The fourth-order valence-electron chi connectivity index (χ4n) is 1.80. The van der Waals surface area contributed by atoms with Crippen molar-refractivity contribution in [1.82, 2.24) is 9.97 Å². The topological polar surface area (TPSA) is 38.2 Å². The van der Waals surface area contributed by atoms with E-state index in [2.05, 4.69) is 14.9 Å². The van der Waals surface area contributed by atoms with Crippen molar-refractivity contribution >= 4 is 17.3 Å². The molecule has 0 aliphatic rings. The number of nitrogens with zero attached hydrogens (tertiary/aromatic N) is 3. The van der Waals surface area contributed by atoms with Crippen LogP contribution >= 0.6 is 11.6 Å². The minimum Gasteiger partial charge on any atom is -0.378 e. The number of aromatic nitrogens is 2. The van der Waals surface area contributed by atoms with Crippen molar-refractivity contribution in [2.75, 3.05) is 25.6 Å². The van der Waals surface area contributed by atoms with E-state index < -0.39 is 0 Å². The maximum atomic E-state index is 6.05. The van der Waals surface area contributed by atoms with Gasteiger partial charge in [-0.1, -0.05) is 23.7 Å². The van der Waals surface area contributed by atoms with Crippen molar-refractivity contribution < 1.29 is 4.74 Å². The van der Waals surface area contributed by atoms with Crippen LogP contribution in [0.15, 0.2) is 30.3 Å². The van der Waals surface area contributed by atoms with Gasteiger partial charge in [0, 0.05) is 38.0 Å². The first-order valence-corrected chi connectivity index (χ1v) is 6.87. The fraction of sp³-hybridized carbons (Fsp3) is 0.333. The van der Waals surface area contributed by atoms with Gasteiger partial charge in [-0.25, -0.2) is 9.97 Å². The van der Waals surface area contributed by atoms with Gasteiger partial charge < -0.3 is 9.64 Å². The van der Waals surface area contributed by atoms with Gasteiger partial charge in [0.15, 0.2) is 5.82 Å². The average molecular weight is 292 g/mol. The van der Waals surface area contributed by atoms with Crippen LogP contribution in [0.5, 0.6) is 0 Å². The molecule has 0 spiro atoms. The normalized spacial score (nSPS) is 10.6. The molecule has 5 heteroatoms. The molecular formula is C15H18ClN3O. The number of hydrogen-bond acceptors (Lipinski definition) is 4. The molecule has 2 rings (SSSR count). The van der Waals surface area contributed by atoms with Gasteiger partial charge in [0.25, 0.3) is 0 Å². The first-order valence-electron chi connectivity index (χ1n) is 6.49. The summed E-state index contributed by atoms with van der Waals surface area (Å²) in [6, 6.07) is 9.92. The lowest BCUT2D eigenvalue weighted by Crippen LogP contribution is -2.08. The summed E-state index contributed by atoms with van der Waals surface area (Å²) < 4.78 is 5.33. The Hall–Kier alpha value is -1.65. The number of halogens is 1. The van der Waals surface area contributed by atoms with Crippen LogP contribution in [-0.4, -0.2) is 30.7 Å². The lowest BCUT2D eigenvalue weighted by molar-refractivity contribution is 0.128. The molecule has 0 saturated carbocycles. The van der Waals surface area contributed by atoms with Crippen molar-refractivity contribution in [3.63, 3.8) is 0 Å². The second kappa shape index (κ2) is 6.68. The summed E-state index contributed by atoms with van der Waals surface area (Å²) in [6.07, 6.45) is 0. The highest BCUT2D eigenvalue weighted by molar-refractivity contribution is 6.29. The van der Waals surface area contributed by atoms with Crippen LogP contribution in [0.1, 0.15) is 12.7 Å². The average Bonchev–Trinajstić information content (AvgIpc) is 2.44. The zero-order chi connectivity index (χ0) is 14.5. The van der Waals surface area contributed by atoms with Crippen molar-refractivity contribution in [3.05, 3.63) is 41.3 Å². The van der Waals surface area contributed by atoms with Crippen molar-refractivity contribution in [2.45, 2.75) is 13.5 Å². The third kappa shape index (κ3) is 3.68. The van der Waals surface area contributed by atoms with Crippen LogP contribution in [0.4, 0.5) is 5.69 Å². The summed E-state index contributed by atoms with van der Waals surface area (Å²) in [5, 5.41) is 0.432. The minimum absolute atomic E-state index is 0.375. The Morgan fingerprint density at radius 3 is 2.45 bits per heavy atom. The second-order valence-electron chi connectivity index (χ2n) is 4.57. The van der Waals surface area contributed by atoms with E-state index in [9.17, 15) is 0 Å². The summed E-state index contributed by atoms with van der Waals surface area (Å²) in [5.74, 6) is 0.603. The maximum Gasteiger partial charge on any atom is 0.156 e. The van der Waals surface area contributed by atoms with Gasteiger partial charge in [0.05, 0.1) is 5.69 Å². The van der Waals surface area contributed by atoms with Crippen molar-refractivity contribution in [1.29, 1.82) is 0 Å². The van der Waals surface area contributed by atoms with E-state index in [1.54, 1.807) is 6.07 Å². The molecule has 0 bridgehead atoms. The molecular weight excluding hydrogens is 274 g/mol. The molecule has 106 valence electrons. The third-order valence-electron chi connectivity index (χ3n) is 2.86. The molecule has 0 radical (unpaired) electrons. The summed E-state index contributed by atoms with van der Waals surface area (Å²) in [5.41, 5.74) is 2.96. The van der Waals surface area contributed by atoms with Gasteiger partial charge >= 0.3 is 0 Å². The summed E-state index contributed by atoms with van der Waals surface area (Å²) >= 11 is 6.05. The smallest absolute Gasteiger partial charge is 0.156 e. The molecule has 0 N–H and O–H groups in total. The zero-order valence-electron chi connectivity index (χ0n) is 11.9. The summed E-state index contributed by atoms with van der Waals surface area (Å²) in [7, 11) is 4.02. The Labute approximate surface area is 124 Å². The zero-order valence-corrected chi connectivity index (χ0v) is 12.7. The SMILES string of the molecule is CCOCc1nc(Cl)cc(-c2ccc(N(C)C)cc2)n1. The van der Waals surface area contributed by atoms with E-state index in [4.69, 9.17) is 16.3 Å². The molecule has 0 atom stereocenters. The molecule has 0 amide bonds. The van der Waals surface area contributed by atoms with Crippen molar-refractivity contribution in [3.8, 4) is 11.3 Å². The van der Waals surface area contributed by atoms with Crippen LogP contribution in [0.2, 0.25) is 5.15 Å². The number of anilines is 1. The number of benzene rings is 1. The number of rotatable bonds is 5. The predicted octanol–water partition coefficient (Wildman–Crippen LogP) is 3.40. The van der Waals surface area contributed by atoms with Gasteiger partial charge in [0.1, 0.15) is 11.8 Å². The van der Waals surface area contributed by atoms with Crippen LogP contribution in [0.25, 0.3) is 11.3 Å². The van der Waals surface area contributed by atoms with Crippen LogP contribution < -0.4 is 4.90 Å². The number of hydrogen-bond donors (Lipinski definition) is 0. The Morgan fingerprint density at radius 1 is 1.15 bits per heavy atom. The molecule has 1 heterocycles. The molecule has 1 aromatic heterocycles. The van der Waals surface area contributed by atoms with Crippen LogP contribution in [0, 0.1) is 0 Å². The van der Waals surface area contributed by atoms with Crippen LogP contribution in [0.3, 0.4) is 0 Å². The van der Waals surface area contributed by atoms with E-state index in [1.165, 1.54) is 0 Å². The maximum absolute atomic E-state index is 6.05. The van der Waals surface area contributed by atoms with Gasteiger partial charge in [0.2, 0.25) is 0 Å². The van der Waals surface area contributed by atoms with E-state index in [0.29, 0.717) is 24.2 Å². The monoisotopic (exact) mass is 291 g/mol. The lowest BCUT2D eigenvalue weighted by Gasteiger charge is -2.12. The summed E-state index contributed by atoms with van der Waals surface area (Å²) in [4.78, 5) is 10.7. The molecule has 2 aromatic rings. The Kier molecular flexibility index (Phi) is 4.93.